The molecular weight excluding hydrogens is 280 g/mol. The summed E-state index contributed by atoms with van der Waals surface area (Å²) >= 11 is 1.54. The second-order valence-corrected chi connectivity index (χ2v) is 5.91. The lowest BCUT2D eigenvalue weighted by Gasteiger charge is -2.05. The largest absolute Gasteiger partial charge is 0.328 e. The number of carbonyl (C=O) groups excluding carboxylic acids is 1. The lowest BCUT2D eigenvalue weighted by molar-refractivity contribution is 0.0993. The summed E-state index contributed by atoms with van der Waals surface area (Å²) in [5, 5.41) is 1.99. The number of para-hydroxylation sites is 2. The lowest BCUT2D eigenvalue weighted by Crippen LogP contribution is -2.10. The minimum Gasteiger partial charge on any atom is -0.328 e. The molecule has 3 aromatic rings. The summed E-state index contributed by atoms with van der Waals surface area (Å²) in [6.07, 6.45) is 1.27. The quantitative estimate of drug-likeness (QED) is 0.665. The Morgan fingerprint density at radius 1 is 1.24 bits per heavy atom. The molecule has 0 N–H and O–H groups in total. The third-order valence-corrected chi connectivity index (χ3v) is 4.75. The van der Waals surface area contributed by atoms with Crippen molar-refractivity contribution in [2.24, 2.45) is 0 Å². The summed E-state index contributed by atoms with van der Waals surface area (Å²) in [5.41, 5.74) is 3.21. The Hall–Kier alpha value is -1.94. The van der Waals surface area contributed by atoms with Crippen LogP contribution in [0, 0.1) is 0 Å². The minimum atomic E-state index is 0.173. The molecule has 0 aliphatic rings. The number of Topliss-reactive ketones (excluding diaryl/α,β-unsaturated/α-hetero) is 1. The summed E-state index contributed by atoms with van der Waals surface area (Å²) < 4.78 is 2.13. The van der Waals surface area contributed by atoms with Crippen molar-refractivity contribution in [2.75, 3.05) is 0 Å². The number of hydrogen-bond acceptors (Lipinski definition) is 3. The Morgan fingerprint density at radius 2 is 2.05 bits per heavy atom. The zero-order valence-corrected chi connectivity index (χ0v) is 13.1. The minimum absolute atomic E-state index is 0.173. The van der Waals surface area contributed by atoms with Crippen molar-refractivity contribution < 1.29 is 4.79 Å². The molecule has 2 heterocycles. The highest BCUT2D eigenvalue weighted by Crippen LogP contribution is 2.22. The maximum absolute atomic E-state index is 12.6. The van der Waals surface area contributed by atoms with Gasteiger partial charge in [-0.05, 0) is 42.5 Å². The Morgan fingerprint density at radius 3 is 2.81 bits per heavy atom. The first-order valence-corrected chi connectivity index (χ1v) is 8.16. The highest BCUT2D eigenvalue weighted by molar-refractivity contribution is 7.12. The van der Waals surface area contributed by atoms with E-state index in [-0.39, 0.29) is 5.78 Å². The van der Waals surface area contributed by atoms with Crippen molar-refractivity contribution >= 4 is 28.2 Å². The third kappa shape index (κ3) is 2.51. The zero-order valence-electron chi connectivity index (χ0n) is 12.3. The number of imidazole rings is 1. The van der Waals surface area contributed by atoms with Gasteiger partial charge in [-0.15, -0.1) is 11.3 Å². The fraction of sp³-hybridized carbons (Fsp3) is 0.294. The van der Waals surface area contributed by atoms with Gasteiger partial charge in [0.15, 0.2) is 5.78 Å². The molecule has 0 unspecified atom stereocenters. The van der Waals surface area contributed by atoms with Crippen LogP contribution in [0.3, 0.4) is 0 Å². The van der Waals surface area contributed by atoms with Gasteiger partial charge in [-0.1, -0.05) is 19.1 Å². The average Bonchev–Trinajstić information content (AvgIpc) is 3.10. The summed E-state index contributed by atoms with van der Waals surface area (Å²) in [7, 11) is 0. The topological polar surface area (TPSA) is 34.9 Å². The molecule has 0 fully saturated rings. The van der Waals surface area contributed by atoms with Gasteiger partial charge in [-0.25, -0.2) is 4.98 Å². The average molecular weight is 298 g/mol. The Bertz CT molecular complexity index is 785. The van der Waals surface area contributed by atoms with Crippen molar-refractivity contribution in [1.82, 2.24) is 9.55 Å². The number of benzene rings is 1. The molecule has 0 saturated heterocycles. The van der Waals surface area contributed by atoms with Crippen LogP contribution < -0.4 is 0 Å². The first kappa shape index (κ1) is 14.0. The molecule has 21 heavy (non-hydrogen) atoms. The summed E-state index contributed by atoms with van der Waals surface area (Å²) in [4.78, 5) is 18.1. The maximum atomic E-state index is 12.6. The van der Waals surface area contributed by atoms with E-state index < -0.39 is 0 Å². The number of aryl methyl sites for hydroxylation is 2. The van der Waals surface area contributed by atoms with Gasteiger partial charge < -0.3 is 4.57 Å². The number of hydrogen-bond donors (Lipinski definition) is 0. The first-order valence-electron chi connectivity index (χ1n) is 7.28. The van der Waals surface area contributed by atoms with E-state index in [2.05, 4.69) is 29.5 Å². The van der Waals surface area contributed by atoms with E-state index in [0.717, 1.165) is 40.3 Å². The van der Waals surface area contributed by atoms with Gasteiger partial charge in [-0.3, -0.25) is 4.79 Å². The van der Waals surface area contributed by atoms with Crippen molar-refractivity contribution in [3.63, 3.8) is 0 Å². The second-order valence-electron chi connectivity index (χ2n) is 4.99. The monoisotopic (exact) mass is 298 g/mol. The van der Waals surface area contributed by atoms with Gasteiger partial charge in [0.05, 0.1) is 22.3 Å². The molecule has 3 nitrogen and oxygen atoms in total. The predicted molar refractivity (Wildman–Crippen MR) is 87.1 cm³/mol. The van der Waals surface area contributed by atoms with Gasteiger partial charge in [0.25, 0.3) is 0 Å². The standard InChI is InChI=1S/C17H18N2OS/c1-3-12-9-10-21-17(12)15(20)11-16-18-13-7-5-6-8-14(13)19(16)4-2/h5-10H,3-4,11H2,1-2H3. The number of fused-ring (bicyclic) bond motifs is 1. The molecule has 0 aliphatic carbocycles. The molecule has 4 heteroatoms. The van der Waals surface area contributed by atoms with E-state index in [1.165, 1.54) is 11.3 Å². The molecule has 0 radical (unpaired) electrons. The molecule has 108 valence electrons. The van der Waals surface area contributed by atoms with E-state index in [1.807, 2.05) is 29.6 Å². The van der Waals surface area contributed by atoms with Crippen molar-refractivity contribution in [2.45, 2.75) is 33.2 Å². The zero-order chi connectivity index (χ0) is 14.8. The Kier molecular flexibility index (Phi) is 3.88. The van der Waals surface area contributed by atoms with E-state index in [0.29, 0.717) is 6.42 Å². The third-order valence-electron chi connectivity index (χ3n) is 3.75. The van der Waals surface area contributed by atoms with Gasteiger partial charge in [0.2, 0.25) is 0 Å². The molecule has 3 rings (SSSR count). The van der Waals surface area contributed by atoms with Crippen LogP contribution in [0.25, 0.3) is 11.0 Å². The smallest absolute Gasteiger partial charge is 0.180 e. The molecule has 2 aromatic heterocycles. The number of nitrogens with zero attached hydrogens (tertiary/aromatic N) is 2. The predicted octanol–water partition coefficient (Wildman–Crippen LogP) is 4.11. The molecule has 0 bridgehead atoms. The number of rotatable bonds is 5. The highest BCUT2D eigenvalue weighted by Gasteiger charge is 2.17. The first-order chi connectivity index (χ1) is 10.2. The van der Waals surface area contributed by atoms with Crippen LogP contribution in [0.1, 0.15) is 34.9 Å². The van der Waals surface area contributed by atoms with Crippen molar-refractivity contribution in [3.8, 4) is 0 Å². The van der Waals surface area contributed by atoms with Crippen LogP contribution in [0.4, 0.5) is 0 Å². The van der Waals surface area contributed by atoms with E-state index in [4.69, 9.17) is 0 Å². The molecule has 0 amide bonds. The van der Waals surface area contributed by atoms with Gasteiger partial charge in [0.1, 0.15) is 5.82 Å². The van der Waals surface area contributed by atoms with Gasteiger partial charge in [-0.2, -0.15) is 0 Å². The van der Waals surface area contributed by atoms with Crippen LogP contribution in [0.15, 0.2) is 35.7 Å². The van der Waals surface area contributed by atoms with Crippen LogP contribution in [-0.4, -0.2) is 15.3 Å². The number of carbonyl (C=O) groups is 1. The van der Waals surface area contributed by atoms with Crippen LogP contribution in [0.2, 0.25) is 0 Å². The highest BCUT2D eigenvalue weighted by atomic mass is 32.1. The van der Waals surface area contributed by atoms with Crippen molar-refractivity contribution in [1.29, 1.82) is 0 Å². The molecule has 0 saturated carbocycles. The van der Waals surface area contributed by atoms with E-state index in [1.54, 1.807) is 0 Å². The van der Waals surface area contributed by atoms with E-state index >= 15 is 0 Å². The number of ketones is 1. The molecule has 0 aliphatic heterocycles. The fourth-order valence-corrected chi connectivity index (χ4v) is 3.63. The second kappa shape index (κ2) is 5.82. The normalized spacial score (nSPS) is 11.1. The van der Waals surface area contributed by atoms with Crippen LogP contribution in [-0.2, 0) is 19.4 Å². The molecule has 1 aromatic carbocycles. The number of thiophene rings is 1. The van der Waals surface area contributed by atoms with Gasteiger partial charge >= 0.3 is 0 Å². The lowest BCUT2D eigenvalue weighted by atomic mass is 10.1. The number of aromatic nitrogens is 2. The summed E-state index contributed by atoms with van der Waals surface area (Å²) in [6, 6.07) is 10.1. The molecule has 0 spiro atoms. The summed E-state index contributed by atoms with van der Waals surface area (Å²) in [6.45, 7) is 5.00. The fourth-order valence-electron chi connectivity index (χ4n) is 2.70. The van der Waals surface area contributed by atoms with Crippen LogP contribution in [0.5, 0.6) is 0 Å². The van der Waals surface area contributed by atoms with Gasteiger partial charge in [0, 0.05) is 6.54 Å². The Balaban J connectivity index is 1.96. The SMILES string of the molecule is CCc1ccsc1C(=O)Cc1nc2ccccc2n1CC. The van der Waals surface area contributed by atoms with E-state index in [9.17, 15) is 4.79 Å². The van der Waals surface area contributed by atoms with Crippen molar-refractivity contribution in [3.05, 3.63) is 52.0 Å². The molecule has 0 atom stereocenters. The van der Waals surface area contributed by atoms with Crippen LogP contribution >= 0.6 is 11.3 Å². The molecular formula is C17H18N2OS. The Labute approximate surface area is 128 Å². The summed E-state index contributed by atoms with van der Waals surface area (Å²) in [5.74, 6) is 1.03. The maximum Gasteiger partial charge on any atom is 0.180 e.